The maximum absolute atomic E-state index is 13.6. The van der Waals surface area contributed by atoms with E-state index < -0.39 is 17.6 Å². The molecule has 0 radical (unpaired) electrons. The molecule has 1 aliphatic heterocycles. The normalized spacial score (nSPS) is 15.5. The molecule has 32 heavy (non-hydrogen) atoms. The lowest BCUT2D eigenvalue weighted by molar-refractivity contribution is -0.122. The van der Waals surface area contributed by atoms with Crippen molar-refractivity contribution in [2.24, 2.45) is 0 Å². The number of nitrogens with one attached hydrogen (secondary N) is 1. The molecular weight excluding hydrogens is 472 g/mol. The highest BCUT2D eigenvalue weighted by molar-refractivity contribution is 7.80. The zero-order chi connectivity index (χ0) is 23.2. The van der Waals surface area contributed by atoms with Crippen LogP contribution >= 0.6 is 35.4 Å². The smallest absolute Gasteiger partial charge is 0.270 e. The first kappa shape index (κ1) is 22.2. The van der Waals surface area contributed by atoms with Crippen LogP contribution in [-0.4, -0.2) is 21.5 Å². The number of hydrogen-bond donors (Lipinski definition) is 1. The van der Waals surface area contributed by atoms with E-state index >= 15 is 0 Å². The van der Waals surface area contributed by atoms with Crippen LogP contribution in [0, 0.1) is 19.7 Å². The van der Waals surface area contributed by atoms with Gasteiger partial charge in [-0.1, -0.05) is 35.3 Å². The summed E-state index contributed by atoms with van der Waals surface area (Å²) < 4.78 is 15.5. The van der Waals surface area contributed by atoms with Gasteiger partial charge in [0.1, 0.15) is 11.4 Å². The lowest BCUT2D eigenvalue weighted by Gasteiger charge is -2.29. The van der Waals surface area contributed by atoms with E-state index in [9.17, 15) is 14.0 Å². The molecule has 1 N–H and O–H groups in total. The Morgan fingerprint density at radius 2 is 1.75 bits per heavy atom. The van der Waals surface area contributed by atoms with Gasteiger partial charge in [0, 0.05) is 11.4 Å². The topological polar surface area (TPSA) is 54.3 Å². The van der Waals surface area contributed by atoms with Crippen LogP contribution in [0.25, 0.3) is 11.8 Å². The molecule has 0 bridgehead atoms. The first-order valence-electron chi connectivity index (χ1n) is 9.49. The fourth-order valence-electron chi connectivity index (χ4n) is 3.61. The summed E-state index contributed by atoms with van der Waals surface area (Å²) in [4.78, 5) is 26.9. The van der Waals surface area contributed by atoms with Crippen LogP contribution < -0.4 is 10.2 Å². The average molecular weight is 488 g/mol. The van der Waals surface area contributed by atoms with E-state index in [1.165, 1.54) is 18.2 Å². The number of carbonyl (C=O) groups excluding carboxylic acids is 2. The van der Waals surface area contributed by atoms with Gasteiger partial charge in [0.15, 0.2) is 5.11 Å². The van der Waals surface area contributed by atoms with Gasteiger partial charge in [0.2, 0.25) is 0 Å². The van der Waals surface area contributed by atoms with Gasteiger partial charge in [-0.3, -0.25) is 19.8 Å². The molecule has 2 aromatic carbocycles. The Morgan fingerprint density at radius 3 is 2.44 bits per heavy atom. The summed E-state index contributed by atoms with van der Waals surface area (Å²) in [6.45, 7) is 3.78. The fourth-order valence-corrected chi connectivity index (χ4v) is 4.29. The van der Waals surface area contributed by atoms with Gasteiger partial charge in [0.05, 0.1) is 21.4 Å². The van der Waals surface area contributed by atoms with Crippen LogP contribution in [0.5, 0.6) is 0 Å². The van der Waals surface area contributed by atoms with E-state index in [2.05, 4.69) is 5.32 Å². The minimum absolute atomic E-state index is 0.110. The molecule has 3 aromatic rings. The van der Waals surface area contributed by atoms with Crippen molar-refractivity contribution < 1.29 is 14.0 Å². The molecule has 0 unspecified atom stereocenters. The SMILES string of the molecule is Cc1cc(/C=C2\C(=O)NC(=S)N(c3ccc(F)c(Cl)c3)C2=O)c(C)n1-c1ccccc1Cl. The number of aromatic nitrogens is 1. The van der Waals surface area contributed by atoms with Crippen LogP contribution in [0.15, 0.2) is 54.1 Å². The van der Waals surface area contributed by atoms with Crippen molar-refractivity contribution in [1.82, 2.24) is 9.88 Å². The van der Waals surface area contributed by atoms with E-state index in [0.717, 1.165) is 28.0 Å². The van der Waals surface area contributed by atoms with E-state index in [0.29, 0.717) is 10.6 Å². The molecule has 5 nitrogen and oxygen atoms in total. The summed E-state index contributed by atoms with van der Waals surface area (Å²) in [6.07, 6.45) is 1.51. The third kappa shape index (κ3) is 3.83. The number of benzene rings is 2. The number of anilines is 1. The quantitative estimate of drug-likeness (QED) is 0.307. The first-order valence-corrected chi connectivity index (χ1v) is 10.7. The maximum Gasteiger partial charge on any atom is 0.270 e. The van der Waals surface area contributed by atoms with Crippen LogP contribution in [0.1, 0.15) is 17.0 Å². The number of rotatable bonds is 3. The van der Waals surface area contributed by atoms with Crippen LogP contribution in [0.3, 0.4) is 0 Å². The number of carbonyl (C=O) groups is 2. The summed E-state index contributed by atoms with van der Waals surface area (Å²) in [7, 11) is 0. The standard InChI is InChI=1S/C23H16Cl2FN3O2S/c1-12-9-14(13(2)28(12)20-6-4-3-5-17(20)24)10-16-21(30)27-23(32)29(22(16)31)15-7-8-19(26)18(25)11-15/h3-11H,1-2H3,(H,27,30,32)/b16-10+. The molecule has 2 amide bonds. The number of hydrogen-bond acceptors (Lipinski definition) is 3. The monoisotopic (exact) mass is 487 g/mol. The number of halogens is 3. The Morgan fingerprint density at radius 1 is 1.03 bits per heavy atom. The second-order valence-corrected chi connectivity index (χ2v) is 8.37. The number of nitrogens with zero attached hydrogens (tertiary/aromatic N) is 2. The Kier molecular flexibility index (Phi) is 5.90. The third-order valence-electron chi connectivity index (χ3n) is 5.13. The van der Waals surface area contributed by atoms with Crippen molar-refractivity contribution in [3.05, 3.63) is 86.9 Å². The van der Waals surface area contributed by atoms with Gasteiger partial charge in [0.25, 0.3) is 11.8 Å². The van der Waals surface area contributed by atoms with Crippen molar-refractivity contribution in [2.45, 2.75) is 13.8 Å². The molecule has 0 saturated carbocycles. The maximum atomic E-state index is 13.6. The molecule has 0 aliphatic carbocycles. The first-order chi connectivity index (χ1) is 15.2. The minimum Gasteiger partial charge on any atom is -0.316 e. The molecule has 1 aromatic heterocycles. The molecule has 1 fully saturated rings. The summed E-state index contributed by atoms with van der Waals surface area (Å²) in [6, 6.07) is 13.0. The Bertz CT molecular complexity index is 1330. The van der Waals surface area contributed by atoms with E-state index in [-0.39, 0.29) is 21.4 Å². The molecule has 0 spiro atoms. The highest BCUT2D eigenvalue weighted by Gasteiger charge is 2.35. The van der Waals surface area contributed by atoms with Crippen LogP contribution in [0.2, 0.25) is 10.0 Å². The molecule has 4 rings (SSSR count). The minimum atomic E-state index is -0.635. The third-order valence-corrected chi connectivity index (χ3v) is 6.02. The van der Waals surface area contributed by atoms with E-state index in [1.807, 2.05) is 42.7 Å². The van der Waals surface area contributed by atoms with Crippen LogP contribution in [0.4, 0.5) is 10.1 Å². The summed E-state index contributed by atoms with van der Waals surface area (Å²) >= 11 is 17.4. The van der Waals surface area contributed by atoms with Crippen molar-refractivity contribution in [1.29, 1.82) is 0 Å². The highest BCUT2D eigenvalue weighted by atomic mass is 35.5. The second-order valence-electron chi connectivity index (χ2n) is 7.17. The molecular formula is C23H16Cl2FN3O2S. The number of para-hydroxylation sites is 1. The molecule has 0 atom stereocenters. The van der Waals surface area contributed by atoms with E-state index in [1.54, 1.807) is 6.07 Å². The zero-order valence-corrected chi connectivity index (χ0v) is 19.3. The highest BCUT2D eigenvalue weighted by Crippen LogP contribution is 2.30. The average Bonchev–Trinajstić information content (AvgIpc) is 3.01. The molecule has 1 aliphatic rings. The number of aryl methyl sites for hydroxylation is 1. The lowest BCUT2D eigenvalue weighted by atomic mass is 10.1. The van der Waals surface area contributed by atoms with Crippen molar-refractivity contribution in [2.75, 3.05) is 4.90 Å². The lowest BCUT2D eigenvalue weighted by Crippen LogP contribution is -2.54. The number of thiocarbonyl (C=S) groups is 1. The number of amides is 2. The Balaban J connectivity index is 1.78. The summed E-state index contributed by atoms with van der Waals surface area (Å²) in [5.41, 5.74) is 3.28. The van der Waals surface area contributed by atoms with Crippen molar-refractivity contribution in [3.63, 3.8) is 0 Å². The molecule has 162 valence electrons. The van der Waals surface area contributed by atoms with Gasteiger partial charge in [-0.25, -0.2) is 4.39 Å². The zero-order valence-electron chi connectivity index (χ0n) is 16.9. The predicted octanol–water partition coefficient (Wildman–Crippen LogP) is 5.37. The fraction of sp³-hybridized carbons (Fsp3) is 0.0870. The molecule has 1 saturated heterocycles. The van der Waals surface area contributed by atoms with Crippen molar-refractivity contribution in [3.8, 4) is 5.69 Å². The van der Waals surface area contributed by atoms with Gasteiger partial charge >= 0.3 is 0 Å². The van der Waals surface area contributed by atoms with Gasteiger partial charge in [-0.15, -0.1) is 0 Å². The van der Waals surface area contributed by atoms with E-state index in [4.69, 9.17) is 35.4 Å². The van der Waals surface area contributed by atoms with Crippen molar-refractivity contribution >= 4 is 64.1 Å². The largest absolute Gasteiger partial charge is 0.316 e. The van der Waals surface area contributed by atoms with Gasteiger partial charge < -0.3 is 4.57 Å². The van der Waals surface area contributed by atoms with Crippen LogP contribution in [-0.2, 0) is 9.59 Å². The molecule has 9 heteroatoms. The predicted molar refractivity (Wildman–Crippen MR) is 128 cm³/mol. The van der Waals surface area contributed by atoms with Gasteiger partial charge in [-0.2, -0.15) is 0 Å². The summed E-state index contributed by atoms with van der Waals surface area (Å²) in [5, 5.41) is 2.81. The van der Waals surface area contributed by atoms with Gasteiger partial charge in [-0.05, 0) is 74.1 Å². The Labute approximate surface area is 199 Å². The Hall–Kier alpha value is -3.00. The second kappa shape index (κ2) is 8.50. The summed E-state index contributed by atoms with van der Waals surface area (Å²) in [5.74, 6) is -1.88. The molecule has 2 heterocycles.